The van der Waals surface area contributed by atoms with Crippen molar-refractivity contribution in [1.82, 2.24) is 10.2 Å². The summed E-state index contributed by atoms with van der Waals surface area (Å²) in [4.78, 5) is 38.5. The molecule has 0 saturated heterocycles. The summed E-state index contributed by atoms with van der Waals surface area (Å²) in [5.41, 5.74) is 3.06. The highest BCUT2D eigenvalue weighted by atomic mass is 16.5. The lowest BCUT2D eigenvalue weighted by molar-refractivity contribution is -0.156. The van der Waals surface area contributed by atoms with Crippen molar-refractivity contribution in [2.75, 3.05) is 13.7 Å². The van der Waals surface area contributed by atoms with E-state index in [1.54, 1.807) is 0 Å². The Bertz CT molecular complexity index is 1000. The van der Waals surface area contributed by atoms with E-state index >= 15 is 0 Å². The molecule has 0 spiro atoms. The third-order valence-corrected chi connectivity index (χ3v) is 6.33. The number of amides is 2. The number of carboxylic acids is 1. The number of nitrogens with one attached hydrogen (secondary N) is 1. The first-order valence-electron chi connectivity index (χ1n) is 11.2. The molecule has 1 aliphatic carbocycles. The number of alkyl carbamates (subject to hydrolysis) is 1. The van der Waals surface area contributed by atoms with Gasteiger partial charge < -0.3 is 20.1 Å². The fraction of sp³-hybridized carbons (Fsp3) is 0.423. The van der Waals surface area contributed by atoms with Crippen LogP contribution in [0.25, 0.3) is 11.1 Å². The topological polar surface area (TPSA) is 95.9 Å². The zero-order valence-corrected chi connectivity index (χ0v) is 19.8. The second-order valence-corrected chi connectivity index (χ2v) is 9.41. The Balaban J connectivity index is 1.71. The first-order chi connectivity index (χ1) is 15.5. The zero-order valence-electron chi connectivity index (χ0n) is 19.8. The van der Waals surface area contributed by atoms with Gasteiger partial charge in [0.2, 0.25) is 5.91 Å². The van der Waals surface area contributed by atoms with Gasteiger partial charge in [0.15, 0.2) is 0 Å². The molecule has 0 radical (unpaired) electrons. The Morgan fingerprint density at radius 2 is 1.55 bits per heavy atom. The van der Waals surface area contributed by atoms with Gasteiger partial charge in [0, 0.05) is 13.0 Å². The summed E-state index contributed by atoms with van der Waals surface area (Å²) in [7, 11) is 1.43. The van der Waals surface area contributed by atoms with Gasteiger partial charge in [0.05, 0.1) is 0 Å². The van der Waals surface area contributed by atoms with Gasteiger partial charge in [-0.2, -0.15) is 0 Å². The number of hydrogen-bond acceptors (Lipinski definition) is 4. The molecule has 0 aromatic heterocycles. The van der Waals surface area contributed by atoms with Crippen LogP contribution in [0.3, 0.4) is 0 Å². The van der Waals surface area contributed by atoms with Crippen LogP contribution in [0.15, 0.2) is 48.5 Å². The van der Waals surface area contributed by atoms with E-state index in [1.807, 2.05) is 50.2 Å². The van der Waals surface area contributed by atoms with E-state index in [2.05, 4.69) is 17.4 Å². The number of carbonyl (C=O) groups excluding carboxylic acids is 2. The number of ether oxygens (including phenoxy) is 1. The second kappa shape index (κ2) is 9.65. The van der Waals surface area contributed by atoms with Crippen molar-refractivity contribution in [2.24, 2.45) is 5.92 Å². The molecule has 0 heterocycles. The van der Waals surface area contributed by atoms with Crippen molar-refractivity contribution in [3.63, 3.8) is 0 Å². The fourth-order valence-corrected chi connectivity index (χ4v) is 4.13. The molecule has 2 aromatic rings. The number of nitrogens with zero attached hydrogens (tertiary/aromatic N) is 1. The van der Waals surface area contributed by atoms with Crippen molar-refractivity contribution >= 4 is 18.0 Å². The predicted octanol–water partition coefficient (Wildman–Crippen LogP) is 4.26. The first-order valence-corrected chi connectivity index (χ1v) is 11.2. The van der Waals surface area contributed by atoms with Gasteiger partial charge in [-0.1, -0.05) is 62.4 Å². The molecular formula is C26H32N2O5. The van der Waals surface area contributed by atoms with Gasteiger partial charge in [-0.05, 0) is 48.4 Å². The highest BCUT2D eigenvalue weighted by Gasteiger charge is 2.39. The molecule has 2 N–H and O–H groups in total. The summed E-state index contributed by atoms with van der Waals surface area (Å²) in [5.74, 6) is -1.57. The van der Waals surface area contributed by atoms with Crippen molar-refractivity contribution in [3.8, 4) is 11.1 Å². The van der Waals surface area contributed by atoms with Crippen LogP contribution in [0.2, 0.25) is 0 Å². The highest BCUT2D eigenvalue weighted by molar-refractivity contribution is 5.90. The molecule has 7 nitrogen and oxygen atoms in total. The third kappa shape index (κ3) is 5.02. The Hall–Kier alpha value is -3.35. The van der Waals surface area contributed by atoms with Crippen LogP contribution >= 0.6 is 0 Å². The van der Waals surface area contributed by atoms with Crippen LogP contribution in [0.1, 0.15) is 51.2 Å². The molecule has 0 aliphatic heterocycles. The highest BCUT2D eigenvalue weighted by Crippen LogP contribution is 2.44. The molecule has 0 fully saturated rings. The summed E-state index contributed by atoms with van der Waals surface area (Å²) in [6, 6.07) is 15.2. The van der Waals surface area contributed by atoms with Crippen LogP contribution in [-0.4, -0.2) is 53.2 Å². The minimum atomic E-state index is -1.41. The Kier molecular flexibility index (Phi) is 7.10. The Labute approximate surface area is 194 Å². The number of fused-ring (bicyclic) bond motifs is 3. The second-order valence-electron chi connectivity index (χ2n) is 9.41. The molecule has 1 atom stereocenters. The van der Waals surface area contributed by atoms with Crippen LogP contribution in [0.5, 0.6) is 0 Å². The molecule has 33 heavy (non-hydrogen) atoms. The monoisotopic (exact) mass is 452 g/mol. The van der Waals surface area contributed by atoms with Crippen molar-refractivity contribution in [2.45, 2.75) is 51.6 Å². The number of carboxylic acid groups (broad SMARTS) is 1. The van der Waals surface area contributed by atoms with Crippen molar-refractivity contribution < 1.29 is 24.2 Å². The van der Waals surface area contributed by atoms with Gasteiger partial charge in [-0.25, -0.2) is 9.59 Å². The summed E-state index contributed by atoms with van der Waals surface area (Å²) in [5, 5.41) is 12.1. The van der Waals surface area contributed by atoms with Gasteiger partial charge >= 0.3 is 12.1 Å². The number of aliphatic carboxylic acids is 1. The maximum atomic E-state index is 13.0. The van der Waals surface area contributed by atoms with Crippen LogP contribution in [-0.2, 0) is 14.3 Å². The van der Waals surface area contributed by atoms with E-state index in [4.69, 9.17) is 4.74 Å². The smallest absolute Gasteiger partial charge is 0.407 e. The average Bonchev–Trinajstić information content (AvgIpc) is 3.09. The molecule has 2 amide bonds. The normalized spacial score (nSPS) is 13.8. The molecule has 0 saturated carbocycles. The predicted molar refractivity (Wildman–Crippen MR) is 126 cm³/mol. The summed E-state index contributed by atoms with van der Waals surface area (Å²) in [6.07, 6.45) is -0.333. The molecule has 3 rings (SSSR count). The number of hydrogen-bond donors (Lipinski definition) is 2. The minimum absolute atomic E-state index is 0.0870. The summed E-state index contributed by atoms with van der Waals surface area (Å²) in [6.45, 7) is 6.91. The van der Waals surface area contributed by atoms with E-state index in [0.29, 0.717) is 6.42 Å². The van der Waals surface area contributed by atoms with Crippen LogP contribution in [0, 0.1) is 5.92 Å². The van der Waals surface area contributed by atoms with E-state index < -0.39 is 29.6 Å². The number of benzene rings is 2. The third-order valence-electron chi connectivity index (χ3n) is 6.33. The number of carbonyl (C=O) groups is 3. The van der Waals surface area contributed by atoms with Gasteiger partial charge in [-0.15, -0.1) is 0 Å². The lowest BCUT2D eigenvalue weighted by Gasteiger charge is -2.34. The summed E-state index contributed by atoms with van der Waals surface area (Å²) >= 11 is 0. The van der Waals surface area contributed by atoms with E-state index in [-0.39, 0.29) is 18.4 Å². The number of rotatable bonds is 8. The fourth-order valence-electron chi connectivity index (χ4n) is 4.13. The van der Waals surface area contributed by atoms with Gasteiger partial charge in [0.25, 0.3) is 0 Å². The minimum Gasteiger partial charge on any atom is -0.480 e. The average molecular weight is 453 g/mol. The largest absolute Gasteiger partial charge is 0.480 e. The Morgan fingerprint density at radius 1 is 1.03 bits per heavy atom. The van der Waals surface area contributed by atoms with Crippen molar-refractivity contribution in [1.29, 1.82) is 0 Å². The first kappa shape index (κ1) is 24.3. The maximum absolute atomic E-state index is 13.0. The molecule has 7 heteroatoms. The number of likely N-dealkylation sites (N-methyl/N-ethyl adjacent to an activating group) is 1. The van der Waals surface area contributed by atoms with E-state index in [9.17, 15) is 19.5 Å². The lowest BCUT2D eigenvalue weighted by atomic mass is 9.98. The van der Waals surface area contributed by atoms with E-state index in [1.165, 1.54) is 20.9 Å². The van der Waals surface area contributed by atoms with Gasteiger partial charge in [-0.3, -0.25) is 4.79 Å². The molecular weight excluding hydrogens is 420 g/mol. The quantitative estimate of drug-likeness (QED) is 0.624. The zero-order chi connectivity index (χ0) is 24.3. The molecule has 0 unspecified atom stereocenters. The molecule has 1 aliphatic rings. The van der Waals surface area contributed by atoms with Crippen molar-refractivity contribution in [3.05, 3.63) is 59.7 Å². The summed E-state index contributed by atoms with van der Waals surface area (Å²) < 4.78 is 5.58. The van der Waals surface area contributed by atoms with Crippen LogP contribution in [0.4, 0.5) is 4.79 Å². The van der Waals surface area contributed by atoms with Gasteiger partial charge in [0.1, 0.15) is 18.2 Å². The lowest BCUT2D eigenvalue weighted by Crippen LogP contribution is -2.57. The van der Waals surface area contributed by atoms with Crippen LogP contribution < -0.4 is 5.32 Å². The Morgan fingerprint density at radius 3 is 2.03 bits per heavy atom. The standard InChI is InChI=1S/C26H32N2O5/c1-16(2)14-22(23(29)28(5)26(3,4)24(30)31)27-25(32)33-15-21-19-12-8-6-10-17(19)18-11-7-9-13-20(18)21/h6-13,16,21-22H,14-15H2,1-5H3,(H,27,32)(H,30,31)/t22-/m0/s1. The molecule has 2 aromatic carbocycles. The maximum Gasteiger partial charge on any atom is 0.407 e. The van der Waals surface area contributed by atoms with E-state index in [0.717, 1.165) is 27.2 Å². The molecule has 0 bridgehead atoms. The SMILES string of the molecule is CC(C)C[C@H](NC(=O)OCC1c2ccccc2-c2ccccc21)C(=O)N(C)C(C)(C)C(=O)O. The molecule has 176 valence electrons.